The first-order valence-corrected chi connectivity index (χ1v) is 15.0. The van der Waals surface area contributed by atoms with Gasteiger partial charge in [-0.25, -0.2) is 9.13 Å². The van der Waals surface area contributed by atoms with Crippen LogP contribution < -0.4 is 4.57 Å². The van der Waals surface area contributed by atoms with Crippen LogP contribution in [0.1, 0.15) is 154 Å². The van der Waals surface area contributed by atoms with Crippen molar-refractivity contribution < 1.29 is 9.67 Å². The second-order valence-electron chi connectivity index (χ2n) is 10.4. The summed E-state index contributed by atoms with van der Waals surface area (Å²) in [5, 5.41) is 8.81. The zero-order chi connectivity index (χ0) is 23.8. The SMILES string of the molecule is CCCCCCCCCCCCCCCC[n+]1ccn(CCCCCCCCCCO)c1C. The Kier molecular flexibility index (Phi) is 21.0. The molecule has 0 aliphatic rings. The lowest BCUT2D eigenvalue weighted by Gasteiger charge is -2.04. The Bertz CT molecular complexity index is 525. The lowest BCUT2D eigenvalue weighted by molar-refractivity contribution is -0.702. The molecule has 3 nitrogen and oxygen atoms in total. The fourth-order valence-electron chi connectivity index (χ4n) is 4.95. The summed E-state index contributed by atoms with van der Waals surface area (Å²) in [6, 6.07) is 0. The Balaban J connectivity index is 1.92. The van der Waals surface area contributed by atoms with Gasteiger partial charge in [-0.1, -0.05) is 116 Å². The normalized spacial score (nSPS) is 11.5. The van der Waals surface area contributed by atoms with Crippen LogP contribution in [-0.4, -0.2) is 16.3 Å². The molecule has 0 bridgehead atoms. The predicted octanol–water partition coefficient (Wildman–Crippen LogP) is 8.68. The standard InChI is InChI=1S/C30H59N2O/c1-3-4-5-6-7-8-9-10-11-12-13-16-19-22-25-31-27-28-32(30(31)2)26-23-20-17-14-15-18-21-24-29-33/h27-28,33H,3-26,29H2,1-2H3/q+1. The number of aromatic nitrogens is 2. The van der Waals surface area contributed by atoms with E-state index < -0.39 is 0 Å². The van der Waals surface area contributed by atoms with Gasteiger partial charge in [-0.3, -0.25) is 0 Å². The van der Waals surface area contributed by atoms with E-state index in [4.69, 9.17) is 5.11 Å². The second-order valence-corrected chi connectivity index (χ2v) is 10.4. The number of aliphatic hydroxyl groups is 1. The molecule has 0 aromatic carbocycles. The molecule has 0 aliphatic carbocycles. The number of rotatable bonds is 25. The highest BCUT2D eigenvalue weighted by molar-refractivity contribution is 4.79. The van der Waals surface area contributed by atoms with Gasteiger partial charge < -0.3 is 5.11 Å². The average molecular weight is 464 g/mol. The molecule has 1 heterocycles. The largest absolute Gasteiger partial charge is 0.396 e. The smallest absolute Gasteiger partial charge is 0.253 e. The van der Waals surface area contributed by atoms with Crippen LogP contribution in [0.2, 0.25) is 0 Å². The summed E-state index contributed by atoms with van der Waals surface area (Å²) in [6.45, 7) is 7.29. The van der Waals surface area contributed by atoms with Crippen molar-refractivity contribution in [3.05, 3.63) is 18.2 Å². The maximum Gasteiger partial charge on any atom is 0.253 e. The van der Waals surface area contributed by atoms with Crippen molar-refractivity contribution in [2.24, 2.45) is 0 Å². The average Bonchev–Trinajstić information content (AvgIpc) is 3.17. The highest BCUT2D eigenvalue weighted by Gasteiger charge is 2.11. The minimum absolute atomic E-state index is 0.357. The Labute approximate surface area is 207 Å². The van der Waals surface area contributed by atoms with Gasteiger partial charge in [0.25, 0.3) is 5.82 Å². The topological polar surface area (TPSA) is 29.0 Å². The molecular formula is C30H59N2O+. The third kappa shape index (κ3) is 17.3. The van der Waals surface area contributed by atoms with Crippen molar-refractivity contribution >= 4 is 0 Å². The third-order valence-corrected chi connectivity index (χ3v) is 7.32. The summed E-state index contributed by atoms with van der Waals surface area (Å²) in [4.78, 5) is 0. The van der Waals surface area contributed by atoms with Gasteiger partial charge in [-0.2, -0.15) is 0 Å². The Morgan fingerprint density at radius 3 is 1.52 bits per heavy atom. The Morgan fingerprint density at radius 1 is 0.606 bits per heavy atom. The van der Waals surface area contributed by atoms with Crippen molar-refractivity contribution in [2.75, 3.05) is 6.61 Å². The summed E-state index contributed by atoms with van der Waals surface area (Å²) in [6.07, 6.45) is 34.7. The number of aryl methyl sites for hydroxylation is 2. The van der Waals surface area contributed by atoms with Gasteiger partial charge in [0, 0.05) is 13.5 Å². The summed E-state index contributed by atoms with van der Waals surface area (Å²) >= 11 is 0. The number of hydrogen-bond donors (Lipinski definition) is 1. The summed E-state index contributed by atoms with van der Waals surface area (Å²) < 4.78 is 4.91. The van der Waals surface area contributed by atoms with Crippen LogP contribution in [0, 0.1) is 6.92 Å². The molecule has 0 spiro atoms. The van der Waals surface area contributed by atoms with Crippen molar-refractivity contribution in [1.82, 2.24) is 4.57 Å². The molecule has 0 aliphatic heterocycles. The van der Waals surface area contributed by atoms with Gasteiger partial charge in [0.15, 0.2) is 0 Å². The zero-order valence-corrected chi connectivity index (χ0v) is 22.7. The van der Waals surface area contributed by atoms with Crippen molar-refractivity contribution in [1.29, 1.82) is 0 Å². The molecule has 0 saturated carbocycles. The fourth-order valence-corrected chi connectivity index (χ4v) is 4.95. The molecule has 1 aromatic rings. The Hall–Kier alpha value is -0.830. The maximum atomic E-state index is 8.81. The minimum atomic E-state index is 0.357. The Morgan fingerprint density at radius 2 is 1.03 bits per heavy atom. The maximum absolute atomic E-state index is 8.81. The monoisotopic (exact) mass is 463 g/mol. The van der Waals surface area contributed by atoms with E-state index >= 15 is 0 Å². The van der Waals surface area contributed by atoms with Crippen LogP contribution in [0.4, 0.5) is 0 Å². The van der Waals surface area contributed by atoms with E-state index in [9.17, 15) is 0 Å². The zero-order valence-electron chi connectivity index (χ0n) is 22.7. The van der Waals surface area contributed by atoms with E-state index in [2.05, 4.69) is 35.4 Å². The second kappa shape index (κ2) is 22.9. The van der Waals surface area contributed by atoms with Crippen LogP contribution >= 0.6 is 0 Å². The molecule has 0 fully saturated rings. The lowest BCUT2D eigenvalue weighted by atomic mass is 10.0. The fraction of sp³-hybridized carbons (Fsp3) is 0.900. The molecule has 194 valence electrons. The van der Waals surface area contributed by atoms with Gasteiger partial charge in [-0.05, 0) is 32.1 Å². The molecule has 1 aromatic heterocycles. The molecule has 33 heavy (non-hydrogen) atoms. The predicted molar refractivity (Wildman–Crippen MR) is 144 cm³/mol. The first-order valence-electron chi connectivity index (χ1n) is 15.0. The van der Waals surface area contributed by atoms with E-state index in [1.807, 2.05) is 0 Å². The van der Waals surface area contributed by atoms with E-state index in [0.29, 0.717) is 6.61 Å². The van der Waals surface area contributed by atoms with Gasteiger partial charge in [0.2, 0.25) is 0 Å². The van der Waals surface area contributed by atoms with Gasteiger partial charge in [0.1, 0.15) is 12.4 Å². The van der Waals surface area contributed by atoms with Gasteiger partial charge >= 0.3 is 0 Å². The summed E-state index contributed by atoms with van der Waals surface area (Å²) in [5.74, 6) is 1.42. The van der Waals surface area contributed by atoms with E-state index in [-0.39, 0.29) is 0 Å². The summed E-state index contributed by atoms with van der Waals surface area (Å²) in [7, 11) is 0. The number of hydrogen-bond acceptors (Lipinski definition) is 1. The third-order valence-electron chi connectivity index (χ3n) is 7.32. The number of imidazole rings is 1. The lowest BCUT2D eigenvalue weighted by Crippen LogP contribution is -2.35. The van der Waals surface area contributed by atoms with E-state index in [1.165, 1.54) is 154 Å². The highest BCUT2D eigenvalue weighted by Crippen LogP contribution is 2.13. The van der Waals surface area contributed by atoms with Crippen LogP contribution in [0.25, 0.3) is 0 Å². The van der Waals surface area contributed by atoms with Crippen molar-refractivity contribution in [2.45, 2.75) is 168 Å². The molecule has 0 amide bonds. The van der Waals surface area contributed by atoms with E-state index in [0.717, 1.165) is 6.42 Å². The van der Waals surface area contributed by atoms with Crippen LogP contribution in [-0.2, 0) is 13.1 Å². The van der Waals surface area contributed by atoms with Gasteiger partial charge in [0.05, 0.1) is 13.1 Å². The first kappa shape index (κ1) is 30.2. The number of nitrogens with zero attached hydrogens (tertiary/aromatic N) is 2. The van der Waals surface area contributed by atoms with Crippen LogP contribution in [0.15, 0.2) is 12.4 Å². The molecular weight excluding hydrogens is 404 g/mol. The van der Waals surface area contributed by atoms with Crippen LogP contribution in [0.5, 0.6) is 0 Å². The molecule has 1 N–H and O–H groups in total. The minimum Gasteiger partial charge on any atom is -0.396 e. The molecule has 1 rings (SSSR count). The number of unbranched alkanes of at least 4 members (excludes halogenated alkanes) is 20. The van der Waals surface area contributed by atoms with Crippen molar-refractivity contribution in [3.63, 3.8) is 0 Å². The molecule has 0 atom stereocenters. The molecule has 0 saturated heterocycles. The van der Waals surface area contributed by atoms with Gasteiger partial charge in [-0.15, -0.1) is 0 Å². The quantitative estimate of drug-likeness (QED) is 0.114. The van der Waals surface area contributed by atoms with E-state index in [1.54, 1.807) is 0 Å². The first-order chi connectivity index (χ1) is 16.3. The molecule has 0 radical (unpaired) electrons. The molecule has 0 unspecified atom stereocenters. The highest BCUT2D eigenvalue weighted by atomic mass is 16.2. The van der Waals surface area contributed by atoms with Crippen molar-refractivity contribution in [3.8, 4) is 0 Å². The molecule has 3 heteroatoms. The van der Waals surface area contributed by atoms with Crippen LogP contribution in [0.3, 0.4) is 0 Å². The number of aliphatic hydroxyl groups excluding tert-OH is 1. The summed E-state index contributed by atoms with van der Waals surface area (Å²) in [5.41, 5.74) is 0.